The number of halogens is 1. The fraction of sp³-hybridized carbons (Fsp3) is 0.182. The van der Waals surface area contributed by atoms with E-state index < -0.39 is 15.8 Å². The van der Waals surface area contributed by atoms with E-state index in [1.165, 1.54) is 36.4 Å². The number of methoxy groups -OCH3 is 1. The summed E-state index contributed by atoms with van der Waals surface area (Å²) in [6.07, 6.45) is 1.61. The van der Waals surface area contributed by atoms with Crippen LogP contribution in [-0.4, -0.2) is 39.6 Å². The second-order valence-electron chi connectivity index (χ2n) is 6.67. The van der Waals surface area contributed by atoms with Gasteiger partial charge in [-0.1, -0.05) is 6.07 Å². The first-order valence-electron chi connectivity index (χ1n) is 9.61. The van der Waals surface area contributed by atoms with E-state index in [9.17, 15) is 17.6 Å². The van der Waals surface area contributed by atoms with E-state index in [1.807, 2.05) is 0 Å². The summed E-state index contributed by atoms with van der Waals surface area (Å²) in [5.41, 5.74) is 1.43. The third-order valence-corrected chi connectivity index (χ3v) is 5.71. The number of aromatic nitrogens is 1. The topological polar surface area (TPSA) is 107 Å². The molecule has 0 saturated carbocycles. The number of pyridine rings is 1. The zero-order valence-electron chi connectivity index (χ0n) is 17.2. The predicted octanol–water partition coefficient (Wildman–Crippen LogP) is 2.98. The van der Waals surface area contributed by atoms with Gasteiger partial charge in [0.05, 0.1) is 11.5 Å². The fourth-order valence-corrected chi connectivity index (χ4v) is 3.69. The number of hydrogen-bond donors (Lipinski definition) is 2. The number of rotatable bonds is 10. The lowest BCUT2D eigenvalue weighted by Gasteiger charge is -2.10. The van der Waals surface area contributed by atoms with Gasteiger partial charge in [-0.05, 0) is 54.1 Å². The van der Waals surface area contributed by atoms with Crippen LogP contribution in [0.3, 0.4) is 0 Å². The fourth-order valence-electron chi connectivity index (χ4n) is 2.63. The summed E-state index contributed by atoms with van der Waals surface area (Å²) in [4.78, 5) is 16.5. The number of sulfonamides is 1. The van der Waals surface area contributed by atoms with Crippen molar-refractivity contribution in [2.24, 2.45) is 0 Å². The zero-order chi connectivity index (χ0) is 23.0. The molecule has 0 atom stereocenters. The van der Waals surface area contributed by atoms with Gasteiger partial charge in [0.25, 0.3) is 15.9 Å². The summed E-state index contributed by atoms with van der Waals surface area (Å²) in [6.45, 7) is 1.13. The lowest BCUT2D eigenvalue weighted by Crippen LogP contribution is -2.22. The van der Waals surface area contributed by atoms with Crippen LogP contribution in [-0.2, 0) is 21.3 Å². The average molecular weight is 459 g/mol. The quantitative estimate of drug-likeness (QED) is 0.452. The predicted molar refractivity (Wildman–Crippen MR) is 116 cm³/mol. The second kappa shape index (κ2) is 10.7. The number of hydrogen-bond acceptors (Lipinski definition) is 6. The van der Waals surface area contributed by atoms with Gasteiger partial charge >= 0.3 is 0 Å². The number of ether oxygens (including phenoxy) is 2. The van der Waals surface area contributed by atoms with Crippen LogP contribution < -0.4 is 14.8 Å². The molecule has 0 fully saturated rings. The van der Waals surface area contributed by atoms with Crippen LogP contribution in [0.2, 0.25) is 0 Å². The Morgan fingerprint density at radius 2 is 1.72 bits per heavy atom. The number of anilines is 1. The molecule has 32 heavy (non-hydrogen) atoms. The van der Waals surface area contributed by atoms with Gasteiger partial charge in [0, 0.05) is 37.2 Å². The van der Waals surface area contributed by atoms with Gasteiger partial charge < -0.3 is 14.8 Å². The minimum atomic E-state index is -3.86. The molecule has 3 rings (SSSR count). The molecule has 0 radical (unpaired) electrons. The Balaban J connectivity index is 1.54. The normalized spacial score (nSPS) is 11.1. The van der Waals surface area contributed by atoms with Crippen molar-refractivity contribution < 1.29 is 27.1 Å². The molecule has 1 aromatic heterocycles. The number of nitrogens with one attached hydrogen (secondary N) is 2. The molecule has 0 saturated heterocycles. The van der Waals surface area contributed by atoms with Gasteiger partial charge in [-0.2, -0.15) is 0 Å². The SMILES string of the molecule is COCCOc1ccc(CNC(=O)c2ccc(NS(=O)(=O)c3ccc(F)cc3)cc2)cn1. The van der Waals surface area contributed by atoms with E-state index in [0.29, 0.717) is 24.7 Å². The van der Waals surface area contributed by atoms with Gasteiger partial charge in [0.2, 0.25) is 5.88 Å². The largest absolute Gasteiger partial charge is 0.475 e. The minimum absolute atomic E-state index is 0.0653. The number of benzene rings is 2. The molecule has 1 amide bonds. The molecule has 0 aliphatic heterocycles. The third-order valence-electron chi connectivity index (χ3n) is 4.31. The number of amides is 1. The van der Waals surface area contributed by atoms with Crippen LogP contribution in [0.25, 0.3) is 0 Å². The lowest BCUT2D eigenvalue weighted by molar-refractivity contribution is 0.0951. The summed E-state index contributed by atoms with van der Waals surface area (Å²) >= 11 is 0. The monoisotopic (exact) mass is 459 g/mol. The Morgan fingerprint density at radius 1 is 1.00 bits per heavy atom. The van der Waals surface area contributed by atoms with Crippen LogP contribution in [0.1, 0.15) is 15.9 Å². The molecule has 8 nitrogen and oxygen atoms in total. The molecule has 0 aliphatic carbocycles. The maximum Gasteiger partial charge on any atom is 0.261 e. The van der Waals surface area contributed by atoms with E-state index in [-0.39, 0.29) is 23.0 Å². The van der Waals surface area contributed by atoms with Gasteiger partial charge in [-0.25, -0.2) is 17.8 Å². The third kappa shape index (κ3) is 6.50. The Labute approximate surface area is 185 Å². The van der Waals surface area contributed by atoms with Gasteiger partial charge in [-0.3, -0.25) is 9.52 Å². The molecule has 0 aliphatic rings. The summed E-state index contributed by atoms with van der Waals surface area (Å²) in [5.74, 6) is -0.379. The molecule has 0 spiro atoms. The zero-order valence-corrected chi connectivity index (χ0v) is 18.1. The summed E-state index contributed by atoms with van der Waals surface area (Å²) in [5, 5.41) is 2.77. The maximum atomic E-state index is 13.0. The van der Waals surface area contributed by atoms with Crippen LogP contribution >= 0.6 is 0 Å². The Morgan fingerprint density at radius 3 is 2.34 bits per heavy atom. The standard InChI is InChI=1S/C22H22FN3O5S/c1-30-12-13-31-21-11-2-16(14-24-21)15-25-22(27)17-3-7-19(8-4-17)26-32(28,29)20-9-5-18(23)6-10-20/h2-11,14,26H,12-13,15H2,1H3,(H,25,27). The smallest absolute Gasteiger partial charge is 0.261 e. The van der Waals surface area contributed by atoms with Crippen molar-refractivity contribution in [1.29, 1.82) is 0 Å². The molecule has 1 heterocycles. The van der Waals surface area contributed by atoms with Crippen LogP contribution in [0, 0.1) is 5.82 Å². The van der Waals surface area contributed by atoms with Crippen LogP contribution in [0.4, 0.5) is 10.1 Å². The van der Waals surface area contributed by atoms with Gasteiger partial charge in [0.15, 0.2) is 0 Å². The first-order valence-corrected chi connectivity index (χ1v) is 11.1. The van der Waals surface area contributed by atoms with E-state index in [4.69, 9.17) is 9.47 Å². The minimum Gasteiger partial charge on any atom is -0.475 e. The highest BCUT2D eigenvalue weighted by molar-refractivity contribution is 7.92. The molecule has 2 aromatic carbocycles. The first kappa shape index (κ1) is 23.2. The molecular weight excluding hydrogens is 437 g/mol. The number of nitrogens with zero attached hydrogens (tertiary/aromatic N) is 1. The maximum absolute atomic E-state index is 13.0. The van der Waals surface area contributed by atoms with Crippen molar-refractivity contribution in [2.75, 3.05) is 25.0 Å². The lowest BCUT2D eigenvalue weighted by atomic mass is 10.2. The molecule has 0 unspecified atom stereocenters. The average Bonchev–Trinajstić information content (AvgIpc) is 2.79. The van der Waals surface area contributed by atoms with Gasteiger partial charge in [-0.15, -0.1) is 0 Å². The van der Waals surface area contributed by atoms with Crippen molar-refractivity contribution in [3.05, 3.63) is 83.8 Å². The molecule has 3 aromatic rings. The van der Waals surface area contributed by atoms with Crippen LogP contribution in [0.5, 0.6) is 5.88 Å². The van der Waals surface area contributed by atoms with Crippen LogP contribution in [0.15, 0.2) is 71.8 Å². The summed E-state index contributed by atoms with van der Waals surface area (Å²) in [6, 6.07) is 13.9. The van der Waals surface area contributed by atoms with Crippen molar-refractivity contribution in [2.45, 2.75) is 11.4 Å². The molecule has 0 bridgehead atoms. The van der Waals surface area contributed by atoms with Crippen molar-refractivity contribution >= 4 is 21.6 Å². The van der Waals surface area contributed by atoms with E-state index >= 15 is 0 Å². The highest BCUT2D eigenvalue weighted by Crippen LogP contribution is 2.17. The van der Waals surface area contributed by atoms with Crippen molar-refractivity contribution in [3.8, 4) is 5.88 Å². The molecular formula is C22H22FN3O5S. The number of carbonyl (C=O) groups excluding carboxylic acids is 1. The Kier molecular flexibility index (Phi) is 7.74. The second-order valence-corrected chi connectivity index (χ2v) is 8.35. The van der Waals surface area contributed by atoms with Crippen molar-refractivity contribution in [3.63, 3.8) is 0 Å². The van der Waals surface area contributed by atoms with E-state index in [1.54, 1.807) is 25.4 Å². The Hall–Kier alpha value is -3.50. The van der Waals surface area contributed by atoms with E-state index in [0.717, 1.165) is 17.7 Å². The van der Waals surface area contributed by atoms with Crippen molar-refractivity contribution in [1.82, 2.24) is 10.3 Å². The Bertz CT molecular complexity index is 1140. The molecule has 2 N–H and O–H groups in total. The van der Waals surface area contributed by atoms with Gasteiger partial charge in [0.1, 0.15) is 12.4 Å². The highest BCUT2D eigenvalue weighted by Gasteiger charge is 2.14. The summed E-state index contributed by atoms with van der Waals surface area (Å²) in [7, 11) is -2.28. The number of carbonyl (C=O) groups is 1. The molecule has 168 valence electrons. The van der Waals surface area contributed by atoms with E-state index in [2.05, 4.69) is 15.0 Å². The molecule has 10 heteroatoms. The summed E-state index contributed by atoms with van der Waals surface area (Å²) < 4.78 is 50.4. The first-order chi connectivity index (χ1) is 15.4. The highest BCUT2D eigenvalue weighted by atomic mass is 32.2.